The average Bonchev–Trinajstić information content (AvgIpc) is 2.66. The summed E-state index contributed by atoms with van der Waals surface area (Å²) >= 11 is 5.90. The molecule has 5 nitrogen and oxygen atoms in total. The van der Waals surface area contributed by atoms with Gasteiger partial charge in [0.25, 0.3) is 0 Å². The third-order valence-electron chi connectivity index (χ3n) is 4.06. The van der Waals surface area contributed by atoms with E-state index in [0.717, 1.165) is 12.8 Å². The third-order valence-corrected chi connectivity index (χ3v) is 4.32. The van der Waals surface area contributed by atoms with E-state index in [1.165, 1.54) is 0 Å². The summed E-state index contributed by atoms with van der Waals surface area (Å²) in [5, 5.41) is 3.39. The number of hydrogen-bond donors (Lipinski definition) is 1. The first-order valence-corrected chi connectivity index (χ1v) is 9.00. The summed E-state index contributed by atoms with van der Waals surface area (Å²) < 4.78 is 11.2. The summed E-state index contributed by atoms with van der Waals surface area (Å²) in [7, 11) is 0. The Hall–Kier alpha value is -2.53. The molecule has 1 heterocycles. The molecule has 26 heavy (non-hydrogen) atoms. The third kappa shape index (κ3) is 4.17. The predicted molar refractivity (Wildman–Crippen MR) is 100 cm³/mol. The first kappa shape index (κ1) is 18.3. The van der Waals surface area contributed by atoms with Crippen LogP contribution in [0, 0.1) is 0 Å². The highest BCUT2D eigenvalue weighted by Crippen LogP contribution is 2.36. The van der Waals surface area contributed by atoms with Gasteiger partial charge in [-0.15, -0.1) is 0 Å². The second-order valence-corrected chi connectivity index (χ2v) is 6.47. The van der Waals surface area contributed by atoms with Gasteiger partial charge in [0, 0.05) is 23.1 Å². The lowest BCUT2D eigenvalue weighted by Crippen LogP contribution is -2.19. The van der Waals surface area contributed by atoms with Crippen molar-refractivity contribution in [1.29, 1.82) is 0 Å². The first-order chi connectivity index (χ1) is 12.6. The van der Waals surface area contributed by atoms with Crippen LogP contribution in [0.1, 0.15) is 42.1 Å². The largest absolute Gasteiger partial charge is 0.486 e. The second-order valence-electron chi connectivity index (χ2n) is 6.03. The van der Waals surface area contributed by atoms with Gasteiger partial charge in [-0.25, -0.2) is 0 Å². The van der Waals surface area contributed by atoms with Crippen LogP contribution in [-0.4, -0.2) is 24.9 Å². The van der Waals surface area contributed by atoms with Crippen LogP contribution >= 0.6 is 11.6 Å². The van der Waals surface area contributed by atoms with Crippen molar-refractivity contribution in [3.8, 4) is 11.5 Å². The van der Waals surface area contributed by atoms with E-state index in [4.69, 9.17) is 21.1 Å². The van der Waals surface area contributed by atoms with Gasteiger partial charge < -0.3 is 14.8 Å². The standard InChI is InChI=1S/C20H20ClNO4/c1-2-3-4-19(23)22-16-12-18-17(25-9-10-26-18)11-15(16)20(24)13-5-7-14(21)8-6-13/h5-8,11-12H,2-4,9-10H2,1H3,(H,22,23). The van der Waals surface area contributed by atoms with Crippen molar-refractivity contribution in [2.45, 2.75) is 26.2 Å². The fraction of sp³-hybridized carbons (Fsp3) is 0.300. The molecule has 0 unspecified atom stereocenters. The van der Waals surface area contributed by atoms with Gasteiger partial charge in [-0.05, 0) is 36.8 Å². The van der Waals surface area contributed by atoms with E-state index < -0.39 is 0 Å². The first-order valence-electron chi connectivity index (χ1n) is 8.62. The maximum absolute atomic E-state index is 13.0. The normalized spacial score (nSPS) is 12.5. The monoisotopic (exact) mass is 373 g/mol. The zero-order valence-corrected chi connectivity index (χ0v) is 15.3. The Morgan fingerprint density at radius 1 is 1.08 bits per heavy atom. The molecule has 0 saturated heterocycles. The highest BCUT2D eigenvalue weighted by Gasteiger charge is 2.22. The number of nitrogens with one attached hydrogen (secondary N) is 1. The smallest absolute Gasteiger partial charge is 0.224 e. The van der Waals surface area contributed by atoms with Crippen molar-refractivity contribution in [3.05, 3.63) is 52.5 Å². The average molecular weight is 374 g/mol. The number of halogens is 1. The number of carbonyl (C=O) groups excluding carboxylic acids is 2. The number of hydrogen-bond acceptors (Lipinski definition) is 4. The van der Waals surface area contributed by atoms with Gasteiger partial charge in [-0.1, -0.05) is 24.9 Å². The Labute approximate surface area is 157 Å². The number of amides is 1. The van der Waals surface area contributed by atoms with Crippen molar-refractivity contribution in [3.63, 3.8) is 0 Å². The summed E-state index contributed by atoms with van der Waals surface area (Å²) in [4.78, 5) is 25.2. The van der Waals surface area contributed by atoms with E-state index >= 15 is 0 Å². The van der Waals surface area contributed by atoms with E-state index in [2.05, 4.69) is 5.32 Å². The molecule has 136 valence electrons. The molecule has 0 radical (unpaired) electrons. The van der Waals surface area contributed by atoms with E-state index in [9.17, 15) is 9.59 Å². The predicted octanol–water partition coefficient (Wildman–Crippen LogP) is 4.47. The molecule has 2 aromatic carbocycles. The molecule has 1 amide bonds. The molecule has 0 fully saturated rings. The van der Waals surface area contributed by atoms with Crippen molar-refractivity contribution >= 4 is 29.0 Å². The Morgan fingerprint density at radius 2 is 1.73 bits per heavy atom. The minimum Gasteiger partial charge on any atom is -0.486 e. The quantitative estimate of drug-likeness (QED) is 0.758. The van der Waals surface area contributed by atoms with Gasteiger partial charge in [-0.3, -0.25) is 9.59 Å². The number of rotatable bonds is 6. The van der Waals surface area contributed by atoms with Gasteiger partial charge in [0.15, 0.2) is 17.3 Å². The minimum atomic E-state index is -0.218. The van der Waals surface area contributed by atoms with Crippen LogP contribution in [0.4, 0.5) is 5.69 Å². The summed E-state index contributed by atoms with van der Waals surface area (Å²) in [6.45, 7) is 2.87. The van der Waals surface area contributed by atoms with Gasteiger partial charge in [0.1, 0.15) is 13.2 Å². The van der Waals surface area contributed by atoms with Crippen molar-refractivity contribution in [2.75, 3.05) is 18.5 Å². The number of benzene rings is 2. The molecule has 0 saturated carbocycles. The number of carbonyl (C=O) groups is 2. The number of ether oxygens (including phenoxy) is 2. The molecule has 6 heteroatoms. The molecule has 3 rings (SSSR count). The number of anilines is 1. The number of ketones is 1. The van der Waals surface area contributed by atoms with Gasteiger partial charge in [0.2, 0.25) is 5.91 Å². The number of fused-ring (bicyclic) bond motifs is 1. The topological polar surface area (TPSA) is 64.6 Å². The fourth-order valence-corrected chi connectivity index (χ4v) is 2.81. The van der Waals surface area contributed by atoms with Crippen LogP contribution in [0.5, 0.6) is 11.5 Å². The van der Waals surface area contributed by atoms with E-state index in [1.54, 1.807) is 36.4 Å². The highest BCUT2D eigenvalue weighted by atomic mass is 35.5. The number of unbranched alkanes of at least 4 members (excludes halogenated alkanes) is 1. The molecule has 0 aliphatic carbocycles. The fourth-order valence-electron chi connectivity index (χ4n) is 2.69. The van der Waals surface area contributed by atoms with Gasteiger partial charge >= 0.3 is 0 Å². The lowest BCUT2D eigenvalue weighted by molar-refractivity contribution is -0.116. The summed E-state index contributed by atoms with van der Waals surface area (Å²) in [6, 6.07) is 9.91. The lowest BCUT2D eigenvalue weighted by atomic mass is 10.0. The van der Waals surface area contributed by atoms with Gasteiger partial charge in [-0.2, -0.15) is 0 Å². The molecular formula is C20H20ClNO4. The van der Waals surface area contributed by atoms with E-state index in [0.29, 0.717) is 53.0 Å². The highest BCUT2D eigenvalue weighted by molar-refractivity contribution is 6.30. The Balaban J connectivity index is 1.96. The van der Waals surface area contributed by atoms with E-state index in [1.807, 2.05) is 6.92 Å². The maximum Gasteiger partial charge on any atom is 0.224 e. The lowest BCUT2D eigenvalue weighted by Gasteiger charge is -2.21. The van der Waals surface area contributed by atoms with Crippen LogP contribution in [0.3, 0.4) is 0 Å². The minimum absolute atomic E-state index is 0.131. The summed E-state index contributed by atoms with van der Waals surface area (Å²) in [5.41, 5.74) is 1.27. The van der Waals surface area contributed by atoms with Crippen LogP contribution in [0.15, 0.2) is 36.4 Å². The molecule has 0 atom stereocenters. The van der Waals surface area contributed by atoms with Crippen molar-refractivity contribution in [2.24, 2.45) is 0 Å². The molecule has 1 aliphatic heterocycles. The van der Waals surface area contributed by atoms with Crippen LogP contribution in [0.2, 0.25) is 5.02 Å². The zero-order chi connectivity index (χ0) is 18.5. The molecule has 1 aliphatic rings. The Morgan fingerprint density at radius 3 is 2.38 bits per heavy atom. The van der Waals surface area contributed by atoms with Crippen LogP contribution in [-0.2, 0) is 4.79 Å². The van der Waals surface area contributed by atoms with Crippen molar-refractivity contribution < 1.29 is 19.1 Å². The maximum atomic E-state index is 13.0. The van der Waals surface area contributed by atoms with Crippen molar-refractivity contribution in [1.82, 2.24) is 0 Å². The molecule has 2 aromatic rings. The molecule has 0 bridgehead atoms. The van der Waals surface area contributed by atoms with Gasteiger partial charge in [0.05, 0.1) is 11.3 Å². The molecule has 1 N–H and O–H groups in total. The Kier molecular flexibility index (Phi) is 5.78. The van der Waals surface area contributed by atoms with Crippen LogP contribution < -0.4 is 14.8 Å². The molecule has 0 aromatic heterocycles. The van der Waals surface area contributed by atoms with Crippen LogP contribution in [0.25, 0.3) is 0 Å². The van der Waals surface area contributed by atoms with E-state index in [-0.39, 0.29) is 11.7 Å². The second kappa shape index (κ2) is 8.23. The summed E-state index contributed by atoms with van der Waals surface area (Å²) in [5.74, 6) is 0.674. The zero-order valence-electron chi connectivity index (χ0n) is 14.5. The molecule has 0 spiro atoms. The SMILES string of the molecule is CCCCC(=O)Nc1cc2c(cc1C(=O)c1ccc(Cl)cc1)OCCO2. The summed E-state index contributed by atoms with van der Waals surface area (Å²) in [6.07, 6.45) is 2.11. The molecular weight excluding hydrogens is 354 g/mol. The Bertz CT molecular complexity index is 817.